The highest BCUT2D eigenvalue weighted by Gasteiger charge is 2.11. The summed E-state index contributed by atoms with van der Waals surface area (Å²) in [6, 6.07) is 2.05. The average Bonchev–Trinajstić information content (AvgIpc) is 3.06. The van der Waals surface area contributed by atoms with Gasteiger partial charge in [0.05, 0.1) is 17.1 Å². The van der Waals surface area contributed by atoms with Crippen molar-refractivity contribution in [2.75, 3.05) is 18.5 Å². The minimum absolute atomic E-state index is 0.795. The Bertz CT molecular complexity index is 767. The number of nitrogens with one attached hydrogen (secondary N) is 1. The van der Waals surface area contributed by atoms with Gasteiger partial charge in [0.2, 0.25) is 5.65 Å². The van der Waals surface area contributed by atoms with Crippen molar-refractivity contribution in [2.24, 2.45) is 0 Å². The summed E-state index contributed by atoms with van der Waals surface area (Å²) in [5.41, 5.74) is 6.40. The van der Waals surface area contributed by atoms with Crippen molar-refractivity contribution < 1.29 is 0 Å². The number of hydrogen-bond acceptors (Lipinski definition) is 5. The van der Waals surface area contributed by atoms with Gasteiger partial charge in [-0.1, -0.05) is 0 Å². The summed E-state index contributed by atoms with van der Waals surface area (Å²) < 4.78 is 1.73. The van der Waals surface area contributed by atoms with Gasteiger partial charge in [-0.25, -0.2) is 0 Å². The minimum atomic E-state index is 0.795. The number of aromatic amines is 1. The Morgan fingerprint density at radius 3 is 2.82 bits per heavy atom. The monoisotopic (exact) mass is 299 g/mol. The van der Waals surface area contributed by atoms with Crippen molar-refractivity contribution >= 4 is 11.3 Å². The number of anilines is 1. The van der Waals surface area contributed by atoms with E-state index in [1.165, 1.54) is 11.3 Å². The summed E-state index contributed by atoms with van der Waals surface area (Å²) in [6.07, 6.45) is 3.71. The number of nitrogens with zero attached hydrogens (tertiary/aromatic N) is 6. The second-order valence-electron chi connectivity index (χ2n) is 5.71. The molecule has 0 radical (unpaired) electrons. The van der Waals surface area contributed by atoms with Crippen molar-refractivity contribution in [1.29, 1.82) is 0 Å². The van der Waals surface area contributed by atoms with Crippen molar-refractivity contribution in [1.82, 2.24) is 30.0 Å². The van der Waals surface area contributed by atoms with Crippen LogP contribution in [0.25, 0.3) is 5.65 Å². The van der Waals surface area contributed by atoms with E-state index < -0.39 is 0 Å². The zero-order chi connectivity index (χ0) is 15.7. The normalized spacial score (nSPS) is 11.3. The Hall–Kier alpha value is -2.44. The molecule has 0 saturated heterocycles. The molecule has 0 fully saturated rings. The second kappa shape index (κ2) is 5.75. The molecule has 3 aromatic rings. The van der Waals surface area contributed by atoms with Crippen molar-refractivity contribution in [3.63, 3.8) is 0 Å². The lowest BCUT2D eigenvalue weighted by atomic mass is 10.1. The average molecular weight is 299 g/mol. The van der Waals surface area contributed by atoms with Gasteiger partial charge in [0.25, 0.3) is 0 Å². The molecule has 7 nitrogen and oxygen atoms in total. The van der Waals surface area contributed by atoms with Crippen LogP contribution in [0.15, 0.2) is 12.4 Å². The van der Waals surface area contributed by atoms with E-state index in [9.17, 15) is 0 Å². The fraction of sp³-hybridized carbons (Fsp3) is 0.467. The van der Waals surface area contributed by atoms with E-state index in [1.54, 1.807) is 10.8 Å². The van der Waals surface area contributed by atoms with Crippen LogP contribution >= 0.6 is 0 Å². The molecule has 7 heteroatoms. The van der Waals surface area contributed by atoms with Gasteiger partial charge in [-0.15, -0.1) is 10.2 Å². The van der Waals surface area contributed by atoms with Crippen LogP contribution in [0.4, 0.5) is 5.69 Å². The Morgan fingerprint density at radius 1 is 1.27 bits per heavy atom. The number of rotatable bonds is 5. The molecule has 0 unspecified atom stereocenters. The van der Waals surface area contributed by atoms with Gasteiger partial charge in [-0.3, -0.25) is 5.10 Å². The van der Waals surface area contributed by atoms with E-state index in [4.69, 9.17) is 0 Å². The Labute approximate surface area is 129 Å². The molecule has 22 heavy (non-hydrogen) atoms. The van der Waals surface area contributed by atoms with Gasteiger partial charge in [0.1, 0.15) is 6.33 Å². The summed E-state index contributed by atoms with van der Waals surface area (Å²) in [5.74, 6) is 0. The van der Waals surface area contributed by atoms with E-state index in [0.29, 0.717) is 0 Å². The molecule has 0 aliphatic rings. The van der Waals surface area contributed by atoms with Crippen LogP contribution in [-0.4, -0.2) is 43.6 Å². The zero-order valence-electron chi connectivity index (χ0n) is 13.5. The highest BCUT2D eigenvalue weighted by molar-refractivity contribution is 5.67. The zero-order valence-corrected chi connectivity index (χ0v) is 13.5. The van der Waals surface area contributed by atoms with E-state index >= 15 is 0 Å². The number of hydrogen-bond donors (Lipinski definition) is 1. The molecule has 0 amide bonds. The lowest BCUT2D eigenvalue weighted by Gasteiger charge is -2.19. The summed E-state index contributed by atoms with van der Waals surface area (Å²) in [6.45, 7) is 7.05. The fourth-order valence-electron chi connectivity index (χ4n) is 2.77. The number of H-pyrrole nitrogens is 1. The quantitative estimate of drug-likeness (QED) is 0.778. The fourth-order valence-corrected chi connectivity index (χ4v) is 2.77. The molecular weight excluding hydrogens is 278 g/mol. The van der Waals surface area contributed by atoms with Crippen LogP contribution in [0.2, 0.25) is 0 Å². The predicted octanol–water partition coefficient (Wildman–Crippen LogP) is 1.84. The van der Waals surface area contributed by atoms with Crippen LogP contribution in [0.3, 0.4) is 0 Å². The molecular formula is C15H21N7. The Kier molecular flexibility index (Phi) is 3.79. The van der Waals surface area contributed by atoms with Gasteiger partial charge in [0.15, 0.2) is 0 Å². The van der Waals surface area contributed by atoms with E-state index in [1.807, 2.05) is 6.92 Å². The third-order valence-corrected chi connectivity index (χ3v) is 3.98. The topological polar surface area (TPSA) is 75.0 Å². The van der Waals surface area contributed by atoms with Gasteiger partial charge in [0, 0.05) is 19.3 Å². The van der Waals surface area contributed by atoms with Crippen molar-refractivity contribution in [3.05, 3.63) is 35.0 Å². The third kappa shape index (κ3) is 2.66. The summed E-state index contributed by atoms with van der Waals surface area (Å²) in [7, 11) is 2.08. The van der Waals surface area contributed by atoms with Gasteiger partial charge in [-0.05, 0) is 45.2 Å². The number of aromatic nitrogens is 6. The molecule has 0 atom stereocenters. The number of fused-ring (bicyclic) bond motifs is 1. The number of aryl methyl sites for hydroxylation is 3. The van der Waals surface area contributed by atoms with Crippen LogP contribution in [0, 0.1) is 20.8 Å². The van der Waals surface area contributed by atoms with Gasteiger partial charge in [-0.2, -0.15) is 14.7 Å². The van der Waals surface area contributed by atoms with Crippen LogP contribution in [0.1, 0.15) is 29.1 Å². The molecule has 3 aromatic heterocycles. The SMILES string of the molecule is Cc1cc(N(C)CCCc2c(C)n[nH]c2C)c2nncn2n1. The standard InChI is InChI=1S/C15H21N7/c1-10-8-14(15-19-16-9-22(15)20-10)21(4)7-5-6-13-11(2)17-18-12(13)3/h8-9H,5-7H2,1-4H3,(H,17,18). The molecule has 0 aromatic carbocycles. The second-order valence-corrected chi connectivity index (χ2v) is 5.71. The molecule has 0 aliphatic carbocycles. The van der Waals surface area contributed by atoms with E-state index in [2.05, 4.69) is 57.4 Å². The maximum Gasteiger partial charge on any atom is 0.200 e. The van der Waals surface area contributed by atoms with E-state index in [-0.39, 0.29) is 0 Å². The lowest BCUT2D eigenvalue weighted by molar-refractivity contribution is 0.775. The summed E-state index contributed by atoms with van der Waals surface area (Å²) in [5, 5.41) is 19.8. The Balaban J connectivity index is 1.71. The van der Waals surface area contributed by atoms with Gasteiger partial charge >= 0.3 is 0 Å². The molecule has 3 rings (SSSR count). The smallest absolute Gasteiger partial charge is 0.200 e. The van der Waals surface area contributed by atoms with Crippen molar-refractivity contribution in [2.45, 2.75) is 33.6 Å². The molecule has 0 aliphatic heterocycles. The molecule has 3 heterocycles. The maximum absolute atomic E-state index is 4.38. The first kappa shape index (κ1) is 14.5. The first-order valence-corrected chi connectivity index (χ1v) is 7.45. The van der Waals surface area contributed by atoms with Gasteiger partial charge < -0.3 is 4.90 Å². The Morgan fingerprint density at radius 2 is 2.09 bits per heavy atom. The molecule has 1 N–H and O–H groups in total. The third-order valence-electron chi connectivity index (χ3n) is 3.98. The lowest BCUT2D eigenvalue weighted by Crippen LogP contribution is -2.20. The summed E-state index contributed by atoms with van der Waals surface area (Å²) >= 11 is 0. The summed E-state index contributed by atoms with van der Waals surface area (Å²) in [4.78, 5) is 2.21. The molecule has 0 bridgehead atoms. The maximum atomic E-state index is 4.38. The van der Waals surface area contributed by atoms with E-state index in [0.717, 1.165) is 42.1 Å². The van der Waals surface area contributed by atoms with Crippen LogP contribution < -0.4 is 4.90 Å². The minimum Gasteiger partial charge on any atom is -0.371 e. The van der Waals surface area contributed by atoms with Crippen LogP contribution in [0.5, 0.6) is 0 Å². The highest BCUT2D eigenvalue weighted by Crippen LogP contribution is 2.20. The first-order chi connectivity index (χ1) is 10.6. The highest BCUT2D eigenvalue weighted by atomic mass is 15.4. The van der Waals surface area contributed by atoms with Crippen LogP contribution in [-0.2, 0) is 6.42 Å². The first-order valence-electron chi connectivity index (χ1n) is 7.45. The van der Waals surface area contributed by atoms with Crippen molar-refractivity contribution in [3.8, 4) is 0 Å². The predicted molar refractivity (Wildman–Crippen MR) is 85.2 cm³/mol. The molecule has 116 valence electrons. The molecule has 0 saturated carbocycles. The largest absolute Gasteiger partial charge is 0.371 e. The molecule has 0 spiro atoms.